The van der Waals surface area contributed by atoms with Gasteiger partial charge >= 0.3 is 0 Å². The molecule has 0 aromatic carbocycles. The molecule has 0 fully saturated rings. The van der Waals surface area contributed by atoms with E-state index < -0.39 is 0 Å². The van der Waals surface area contributed by atoms with Gasteiger partial charge in [-0.15, -0.1) is 0 Å². The summed E-state index contributed by atoms with van der Waals surface area (Å²) in [6.07, 6.45) is 11.2. The van der Waals surface area contributed by atoms with Gasteiger partial charge < -0.3 is 8.97 Å². The highest BCUT2D eigenvalue weighted by Crippen LogP contribution is 2.30. The number of rotatable bonds is 12. The van der Waals surface area contributed by atoms with Gasteiger partial charge in [-0.25, -0.2) is 0 Å². The Bertz CT molecular complexity index is 230. The van der Waals surface area contributed by atoms with Gasteiger partial charge in [-0.3, -0.25) is 0 Å². The minimum absolute atomic E-state index is 0.549. The van der Waals surface area contributed by atoms with Crippen LogP contribution in [0.15, 0.2) is 0 Å². The van der Waals surface area contributed by atoms with E-state index in [9.17, 15) is 0 Å². The van der Waals surface area contributed by atoms with Crippen molar-refractivity contribution in [3.63, 3.8) is 0 Å². The maximum atomic E-state index is 2.46. The van der Waals surface area contributed by atoms with Crippen molar-refractivity contribution < 1.29 is 8.97 Å². The fraction of sp³-hybridized carbons (Fsp3) is 1.00. The summed E-state index contributed by atoms with van der Waals surface area (Å²) in [5.74, 6) is 0. The molecule has 0 bridgehead atoms. The molecule has 0 heterocycles. The van der Waals surface area contributed by atoms with Crippen molar-refractivity contribution in [3.05, 3.63) is 0 Å². The molecule has 0 N–H and O–H groups in total. The average molecular weight is 301 g/mol. The molecule has 0 radical (unpaired) electrons. The van der Waals surface area contributed by atoms with Crippen LogP contribution < -0.4 is 0 Å². The van der Waals surface area contributed by atoms with Gasteiger partial charge in [0.1, 0.15) is 0 Å². The van der Waals surface area contributed by atoms with E-state index in [0.717, 1.165) is 8.97 Å². The van der Waals surface area contributed by atoms with E-state index in [-0.39, 0.29) is 0 Å². The van der Waals surface area contributed by atoms with Gasteiger partial charge in [-0.1, -0.05) is 26.7 Å². The van der Waals surface area contributed by atoms with Gasteiger partial charge in [0, 0.05) is 0 Å². The zero-order valence-corrected chi connectivity index (χ0v) is 16.5. The summed E-state index contributed by atoms with van der Waals surface area (Å²) in [6.45, 7) is 7.55. The van der Waals surface area contributed by atoms with Crippen LogP contribution in [-0.2, 0) is 0 Å². The predicted molar refractivity (Wildman–Crippen MR) is 96.5 cm³/mol. The Kier molecular flexibility index (Phi) is 9.11. The summed E-state index contributed by atoms with van der Waals surface area (Å²) in [5.41, 5.74) is 0.549. The summed E-state index contributed by atoms with van der Waals surface area (Å²) in [6, 6.07) is 0. The molecule has 21 heavy (non-hydrogen) atoms. The van der Waals surface area contributed by atoms with E-state index in [1.165, 1.54) is 64.5 Å². The first kappa shape index (κ1) is 20.9. The second-order valence-electron chi connectivity index (χ2n) is 9.81. The molecule has 0 atom stereocenters. The number of hydrogen-bond acceptors (Lipinski definition) is 0. The third kappa shape index (κ3) is 16.1. The van der Waals surface area contributed by atoms with E-state index in [4.69, 9.17) is 0 Å². The zero-order valence-electron chi connectivity index (χ0n) is 16.5. The zero-order chi connectivity index (χ0) is 16.6. The summed E-state index contributed by atoms with van der Waals surface area (Å²) >= 11 is 0. The van der Waals surface area contributed by atoms with Gasteiger partial charge in [0.2, 0.25) is 0 Å². The van der Waals surface area contributed by atoms with E-state index >= 15 is 0 Å². The fourth-order valence-electron chi connectivity index (χ4n) is 2.86. The maximum absolute atomic E-state index is 2.46. The van der Waals surface area contributed by atoms with Gasteiger partial charge in [-0.05, 0) is 43.9 Å². The molecule has 0 aliphatic heterocycles. The van der Waals surface area contributed by atoms with E-state index in [0.29, 0.717) is 5.41 Å². The van der Waals surface area contributed by atoms with Crippen molar-refractivity contribution in [1.29, 1.82) is 0 Å². The van der Waals surface area contributed by atoms with E-state index in [2.05, 4.69) is 56.1 Å². The molecular weight excluding hydrogens is 256 g/mol. The number of quaternary nitrogens is 2. The number of hydrogen-bond donors (Lipinski definition) is 0. The standard InChI is InChI=1S/C19H44N2/c1-19(2,15-11-9-13-17-20(3,4)5)16-12-10-14-18-21(6,7)8/h9-18H2,1-8H3/q+2. The average Bonchev–Trinajstić information content (AvgIpc) is 2.24. The monoisotopic (exact) mass is 300 g/mol. The van der Waals surface area contributed by atoms with Crippen LogP contribution >= 0.6 is 0 Å². The molecule has 0 saturated heterocycles. The Morgan fingerprint density at radius 3 is 1.14 bits per heavy atom. The number of unbranched alkanes of at least 4 members (excludes halogenated alkanes) is 4. The molecule has 2 nitrogen and oxygen atoms in total. The van der Waals surface area contributed by atoms with Crippen LogP contribution in [0.3, 0.4) is 0 Å². The van der Waals surface area contributed by atoms with Crippen molar-refractivity contribution in [1.82, 2.24) is 0 Å². The molecule has 0 amide bonds. The maximum Gasteiger partial charge on any atom is 0.0780 e. The molecular formula is C19H44N2+2. The Labute approximate surface area is 135 Å². The second kappa shape index (κ2) is 9.15. The Morgan fingerprint density at radius 2 is 0.857 bits per heavy atom. The summed E-state index contributed by atoms with van der Waals surface area (Å²) in [4.78, 5) is 0. The normalized spacial score (nSPS) is 13.7. The van der Waals surface area contributed by atoms with Gasteiger partial charge in [0.15, 0.2) is 0 Å². The lowest BCUT2D eigenvalue weighted by Crippen LogP contribution is -2.35. The molecule has 0 aliphatic rings. The quantitative estimate of drug-likeness (QED) is 0.366. The highest BCUT2D eigenvalue weighted by Gasteiger charge is 2.17. The molecule has 0 unspecified atom stereocenters. The molecule has 0 spiro atoms. The van der Waals surface area contributed by atoms with Crippen LogP contribution in [0.5, 0.6) is 0 Å². The molecule has 0 saturated carbocycles. The van der Waals surface area contributed by atoms with E-state index in [1.807, 2.05) is 0 Å². The minimum Gasteiger partial charge on any atom is -0.331 e. The van der Waals surface area contributed by atoms with Crippen molar-refractivity contribution >= 4 is 0 Å². The molecule has 2 heteroatoms. The smallest absolute Gasteiger partial charge is 0.0780 e. The van der Waals surface area contributed by atoms with Crippen LogP contribution in [0, 0.1) is 5.41 Å². The lowest BCUT2D eigenvalue weighted by Gasteiger charge is -2.27. The molecule has 0 aromatic rings. The highest BCUT2D eigenvalue weighted by atomic mass is 15.3. The first-order chi connectivity index (χ1) is 9.41. The van der Waals surface area contributed by atoms with Gasteiger partial charge in [-0.2, -0.15) is 0 Å². The van der Waals surface area contributed by atoms with Gasteiger partial charge in [0.05, 0.1) is 55.4 Å². The minimum atomic E-state index is 0.549. The summed E-state index contributed by atoms with van der Waals surface area (Å²) in [5, 5.41) is 0. The SMILES string of the molecule is CC(C)(CCCCC[N+](C)(C)C)CCCCC[N+](C)(C)C. The van der Waals surface area contributed by atoms with Gasteiger partial charge in [0.25, 0.3) is 0 Å². The Balaban J connectivity index is 3.60. The van der Waals surface area contributed by atoms with Crippen LogP contribution in [0.1, 0.15) is 65.2 Å². The summed E-state index contributed by atoms with van der Waals surface area (Å²) in [7, 11) is 13.8. The Hall–Kier alpha value is -0.0800. The lowest BCUT2D eigenvalue weighted by atomic mass is 9.82. The molecule has 0 rings (SSSR count). The van der Waals surface area contributed by atoms with Crippen LogP contribution in [0.4, 0.5) is 0 Å². The van der Waals surface area contributed by atoms with Crippen molar-refractivity contribution in [3.8, 4) is 0 Å². The molecule has 128 valence electrons. The topological polar surface area (TPSA) is 0 Å². The van der Waals surface area contributed by atoms with Crippen LogP contribution in [0.2, 0.25) is 0 Å². The van der Waals surface area contributed by atoms with Crippen molar-refractivity contribution in [2.24, 2.45) is 5.41 Å². The third-order valence-corrected chi connectivity index (χ3v) is 4.36. The summed E-state index contributed by atoms with van der Waals surface area (Å²) < 4.78 is 2.21. The van der Waals surface area contributed by atoms with Crippen LogP contribution in [-0.4, -0.2) is 64.3 Å². The first-order valence-corrected chi connectivity index (χ1v) is 9.02. The second-order valence-corrected chi connectivity index (χ2v) is 9.81. The van der Waals surface area contributed by atoms with Crippen molar-refractivity contribution in [2.45, 2.75) is 65.2 Å². The predicted octanol–water partition coefficient (Wildman–Crippen LogP) is 4.55. The van der Waals surface area contributed by atoms with E-state index in [1.54, 1.807) is 0 Å². The largest absolute Gasteiger partial charge is 0.331 e. The van der Waals surface area contributed by atoms with Crippen molar-refractivity contribution in [2.75, 3.05) is 55.4 Å². The Morgan fingerprint density at radius 1 is 0.524 bits per heavy atom. The number of nitrogens with zero attached hydrogens (tertiary/aromatic N) is 2. The third-order valence-electron chi connectivity index (χ3n) is 4.36. The fourth-order valence-corrected chi connectivity index (χ4v) is 2.86. The first-order valence-electron chi connectivity index (χ1n) is 9.02. The molecule has 0 aromatic heterocycles. The lowest BCUT2D eigenvalue weighted by molar-refractivity contribution is -0.870. The van der Waals surface area contributed by atoms with Crippen LogP contribution in [0.25, 0.3) is 0 Å². The highest BCUT2D eigenvalue weighted by molar-refractivity contribution is 4.68. The molecule has 0 aliphatic carbocycles.